The summed E-state index contributed by atoms with van der Waals surface area (Å²) in [5.41, 5.74) is 11.5. The molecule has 3 saturated heterocycles. The SMILES string of the molecule is NC(=S)N/N=C1/C(=C\c2ccc3c(c2)OCO3)N2CCC1CC2. The van der Waals surface area contributed by atoms with E-state index < -0.39 is 0 Å². The summed E-state index contributed by atoms with van der Waals surface area (Å²) < 4.78 is 10.8. The maximum absolute atomic E-state index is 5.52. The molecule has 4 heterocycles. The van der Waals surface area contributed by atoms with Crippen LogP contribution in [0.4, 0.5) is 0 Å². The molecule has 0 aromatic heterocycles. The number of fused-ring (bicyclic) bond motifs is 4. The summed E-state index contributed by atoms with van der Waals surface area (Å²) in [4.78, 5) is 2.37. The molecule has 3 fully saturated rings. The fourth-order valence-electron chi connectivity index (χ4n) is 3.35. The first kappa shape index (κ1) is 14.3. The molecule has 0 unspecified atom stereocenters. The van der Waals surface area contributed by atoms with E-state index in [9.17, 15) is 0 Å². The standard InChI is InChI=1S/C16H18N4O2S/c17-16(23)19-18-15-11-3-5-20(6-4-11)12(15)7-10-1-2-13-14(8-10)22-9-21-13/h1-2,7-8,11H,3-6,9H2,(H3,17,19,23)/b12-7+,18-15+. The van der Waals surface area contributed by atoms with Crippen molar-refractivity contribution in [2.75, 3.05) is 19.9 Å². The van der Waals surface area contributed by atoms with Crippen LogP contribution in [0.2, 0.25) is 0 Å². The van der Waals surface area contributed by atoms with Crippen molar-refractivity contribution in [3.05, 3.63) is 29.5 Å². The van der Waals surface area contributed by atoms with Crippen molar-refractivity contribution < 1.29 is 9.47 Å². The molecule has 5 rings (SSSR count). The molecule has 120 valence electrons. The molecule has 0 spiro atoms. The third-order valence-corrected chi connectivity index (χ3v) is 4.56. The van der Waals surface area contributed by atoms with E-state index in [1.807, 2.05) is 18.2 Å². The number of nitrogens with two attached hydrogens (primary N) is 1. The summed E-state index contributed by atoms with van der Waals surface area (Å²) in [5.74, 6) is 2.04. The lowest BCUT2D eigenvalue weighted by molar-refractivity contribution is 0.174. The molecule has 0 saturated carbocycles. The number of nitrogens with zero attached hydrogens (tertiary/aromatic N) is 2. The summed E-state index contributed by atoms with van der Waals surface area (Å²) in [5, 5.41) is 4.64. The smallest absolute Gasteiger partial charge is 0.231 e. The molecule has 2 bridgehead atoms. The van der Waals surface area contributed by atoms with Gasteiger partial charge in [-0.15, -0.1) is 0 Å². The molecule has 0 radical (unpaired) electrons. The second kappa shape index (κ2) is 5.73. The molecule has 1 aromatic rings. The predicted molar refractivity (Wildman–Crippen MR) is 92.2 cm³/mol. The molecule has 1 aromatic carbocycles. The molecule has 4 aliphatic rings. The summed E-state index contributed by atoms with van der Waals surface area (Å²) in [6, 6.07) is 5.97. The molecule has 7 heteroatoms. The second-order valence-corrected chi connectivity index (χ2v) is 6.32. The molecule has 0 atom stereocenters. The van der Waals surface area contributed by atoms with Crippen LogP contribution in [0.3, 0.4) is 0 Å². The van der Waals surface area contributed by atoms with Gasteiger partial charge < -0.3 is 20.1 Å². The van der Waals surface area contributed by atoms with Gasteiger partial charge >= 0.3 is 0 Å². The second-order valence-electron chi connectivity index (χ2n) is 5.88. The van der Waals surface area contributed by atoms with Crippen LogP contribution < -0.4 is 20.6 Å². The van der Waals surface area contributed by atoms with Crippen LogP contribution >= 0.6 is 12.2 Å². The van der Waals surface area contributed by atoms with Crippen molar-refractivity contribution in [2.24, 2.45) is 16.8 Å². The van der Waals surface area contributed by atoms with Gasteiger partial charge in [-0.2, -0.15) is 5.10 Å². The Bertz CT molecular complexity index is 708. The Morgan fingerprint density at radius 1 is 1.30 bits per heavy atom. The highest BCUT2D eigenvalue weighted by atomic mass is 32.1. The van der Waals surface area contributed by atoms with E-state index in [1.54, 1.807) is 0 Å². The Morgan fingerprint density at radius 3 is 2.87 bits per heavy atom. The lowest BCUT2D eigenvalue weighted by Crippen LogP contribution is -2.47. The van der Waals surface area contributed by atoms with E-state index in [1.165, 1.54) is 0 Å². The number of rotatable bonds is 2. The van der Waals surface area contributed by atoms with Crippen LogP contribution in [0.15, 0.2) is 29.0 Å². The normalized spacial score (nSPS) is 22.9. The number of ether oxygens (including phenoxy) is 2. The molecular formula is C16H18N4O2S. The Kier molecular flexibility index (Phi) is 3.57. The fraction of sp³-hybridized carbons (Fsp3) is 0.375. The number of hydrogen-bond acceptors (Lipinski definition) is 5. The van der Waals surface area contributed by atoms with E-state index in [4.69, 9.17) is 27.4 Å². The number of thiocarbonyl (C=S) groups is 1. The zero-order valence-corrected chi connectivity index (χ0v) is 13.4. The lowest BCUT2D eigenvalue weighted by Gasteiger charge is -2.43. The zero-order chi connectivity index (χ0) is 15.8. The van der Waals surface area contributed by atoms with Crippen molar-refractivity contribution >= 4 is 29.1 Å². The molecular weight excluding hydrogens is 312 g/mol. The minimum Gasteiger partial charge on any atom is -0.454 e. The molecule has 23 heavy (non-hydrogen) atoms. The largest absolute Gasteiger partial charge is 0.454 e. The molecule has 3 N–H and O–H groups in total. The minimum absolute atomic E-state index is 0.191. The zero-order valence-electron chi connectivity index (χ0n) is 12.6. The number of piperidine rings is 3. The monoisotopic (exact) mass is 330 g/mol. The van der Waals surface area contributed by atoms with Gasteiger partial charge in [0.15, 0.2) is 16.6 Å². The van der Waals surface area contributed by atoms with Crippen LogP contribution in [-0.2, 0) is 0 Å². The fourth-order valence-corrected chi connectivity index (χ4v) is 3.40. The minimum atomic E-state index is 0.191. The maximum Gasteiger partial charge on any atom is 0.231 e. The van der Waals surface area contributed by atoms with Gasteiger partial charge in [-0.25, -0.2) is 0 Å². The van der Waals surface area contributed by atoms with Gasteiger partial charge in [-0.1, -0.05) is 6.07 Å². The number of nitrogens with one attached hydrogen (secondary N) is 1. The van der Waals surface area contributed by atoms with Gasteiger partial charge in [0.2, 0.25) is 6.79 Å². The highest BCUT2D eigenvalue weighted by Crippen LogP contribution is 2.36. The van der Waals surface area contributed by atoms with E-state index in [2.05, 4.69) is 21.5 Å². The van der Waals surface area contributed by atoms with Crippen LogP contribution in [0.1, 0.15) is 18.4 Å². The highest BCUT2D eigenvalue weighted by Gasteiger charge is 2.35. The van der Waals surface area contributed by atoms with Crippen LogP contribution in [0.25, 0.3) is 6.08 Å². The average molecular weight is 330 g/mol. The quantitative estimate of drug-likeness (QED) is 0.635. The van der Waals surface area contributed by atoms with Gasteiger partial charge in [0.25, 0.3) is 0 Å². The summed E-state index contributed by atoms with van der Waals surface area (Å²) in [6.45, 7) is 2.41. The van der Waals surface area contributed by atoms with Crippen molar-refractivity contribution in [2.45, 2.75) is 12.8 Å². The van der Waals surface area contributed by atoms with Gasteiger partial charge in [0, 0.05) is 19.0 Å². The van der Waals surface area contributed by atoms with Crippen molar-refractivity contribution in [1.82, 2.24) is 10.3 Å². The highest BCUT2D eigenvalue weighted by molar-refractivity contribution is 7.80. The predicted octanol–water partition coefficient (Wildman–Crippen LogP) is 1.67. The van der Waals surface area contributed by atoms with E-state index in [0.29, 0.717) is 5.92 Å². The summed E-state index contributed by atoms with van der Waals surface area (Å²) in [7, 11) is 0. The Labute approximate surface area is 139 Å². The molecule has 4 aliphatic heterocycles. The average Bonchev–Trinajstić information content (AvgIpc) is 3.02. The molecule has 0 amide bonds. The van der Waals surface area contributed by atoms with Crippen LogP contribution in [0, 0.1) is 5.92 Å². The van der Waals surface area contributed by atoms with E-state index in [-0.39, 0.29) is 11.9 Å². The van der Waals surface area contributed by atoms with Crippen LogP contribution in [-0.4, -0.2) is 35.6 Å². The summed E-state index contributed by atoms with van der Waals surface area (Å²) in [6.07, 6.45) is 4.39. The number of benzene rings is 1. The summed E-state index contributed by atoms with van der Waals surface area (Å²) >= 11 is 4.87. The van der Waals surface area contributed by atoms with Gasteiger partial charge in [0.1, 0.15) is 0 Å². The number of allylic oxidation sites excluding steroid dienone is 1. The number of hydrazone groups is 1. The molecule has 0 aliphatic carbocycles. The topological polar surface area (TPSA) is 72.1 Å². The number of hydrogen-bond donors (Lipinski definition) is 2. The third-order valence-electron chi connectivity index (χ3n) is 4.47. The lowest BCUT2D eigenvalue weighted by atomic mass is 9.83. The van der Waals surface area contributed by atoms with E-state index in [0.717, 1.165) is 54.4 Å². The van der Waals surface area contributed by atoms with Crippen molar-refractivity contribution in [3.63, 3.8) is 0 Å². The van der Waals surface area contributed by atoms with Crippen LogP contribution in [0.5, 0.6) is 11.5 Å². The Morgan fingerprint density at radius 2 is 2.09 bits per heavy atom. The van der Waals surface area contributed by atoms with E-state index >= 15 is 0 Å². The van der Waals surface area contributed by atoms with Gasteiger partial charge in [-0.3, -0.25) is 5.43 Å². The van der Waals surface area contributed by atoms with Gasteiger partial charge in [0.05, 0.1) is 11.4 Å². The van der Waals surface area contributed by atoms with Crippen molar-refractivity contribution in [1.29, 1.82) is 0 Å². The first-order chi connectivity index (χ1) is 11.2. The maximum atomic E-state index is 5.52. The molecule has 6 nitrogen and oxygen atoms in total. The van der Waals surface area contributed by atoms with Gasteiger partial charge in [-0.05, 0) is 48.8 Å². The third kappa shape index (κ3) is 2.72. The van der Waals surface area contributed by atoms with Crippen molar-refractivity contribution in [3.8, 4) is 11.5 Å². The first-order valence-electron chi connectivity index (χ1n) is 7.70. The first-order valence-corrected chi connectivity index (χ1v) is 8.11. The Balaban J connectivity index is 1.69. The Hall–Kier alpha value is -2.28.